The zero-order chi connectivity index (χ0) is 18.5. The highest BCUT2D eigenvalue weighted by Crippen LogP contribution is 2.31. The zero-order valence-corrected chi connectivity index (χ0v) is 17.1. The van der Waals surface area contributed by atoms with E-state index in [0.717, 1.165) is 28.8 Å². The van der Waals surface area contributed by atoms with Crippen molar-refractivity contribution in [2.45, 2.75) is 13.8 Å². The van der Waals surface area contributed by atoms with E-state index in [1.165, 1.54) is 17.4 Å². The first-order valence-corrected chi connectivity index (χ1v) is 10.1. The highest BCUT2D eigenvalue weighted by Gasteiger charge is 2.24. The number of nitrogens with one attached hydrogen (secondary N) is 1. The Morgan fingerprint density at radius 1 is 1.12 bits per heavy atom. The molecule has 0 saturated carbocycles. The van der Waals surface area contributed by atoms with Crippen LogP contribution in [-0.4, -0.2) is 24.2 Å². The molecule has 1 heterocycles. The molecule has 134 valence electrons. The van der Waals surface area contributed by atoms with Gasteiger partial charge in [-0.2, -0.15) is 0 Å². The smallest absolute Gasteiger partial charge is 0.264 e. The summed E-state index contributed by atoms with van der Waals surface area (Å²) in [5.74, 6) is -0.117. The molecule has 6 heteroatoms. The maximum atomic E-state index is 12.2. The first kappa shape index (κ1) is 18.7. The predicted molar refractivity (Wildman–Crippen MR) is 115 cm³/mol. The second-order valence-corrected chi connectivity index (χ2v) is 7.58. The molecule has 26 heavy (non-hydrogen) atoms. The molecule has 0 aromatic heterocycles. The maximum absolute atomic E-state index is 12.2. The fraction of sp³-hybridized carbons (Fsp3) is 0.200. The van der Waals surface area contributed by atoms with Gasteiger partial charge < -0.3 is 10.2 Å². The summed E-state index contributed by atoms with van der Waals surface area (Å²) < 4.78 is 0.895. The van der Waals surface area contributed by atoms with E-state index < -0.39 is 0 Å². The van der Waals surface area contributed by atoms with Gasteiger partial charge in [0.05, 0.1) is 10.6 Å². The van der Waals surface area contributed by atoms with Gasteiger partial charge in [0, 0.05) is 23.2 Å². The second kappa shape index (κ2) is 8.56. The van der Waals surface area contributed by atoms with E-state index >= 15 is 0 Å². The van der Waals surface area contributed by atoms with E-state index in [-0.39, 0.29) is 5.91 Å². The molecule has 1 fully saturated rings. The van der Waals surface area contributed by atoms with E-state index in [9.17, 15) is 4.79 Å². The molecule has 0 aliphatic carbocycles. The number of anilines is 1. The Kier molecular flexibility index (Phi) is 6.16. The van der Waals surface area contributed by atoms with Crippen LogP contribution in [0.4, 0.5) is 11.4 Å². The average Bonchev–Trinajstić information content (AvgIpc) is 2.98. The van der Waals surface area contributed by atoms with Gasteiger partial charge in [-0.05, 0) is 77.4 Å². The number of hydrogen-bond donors (Lipinski definition) is 1. The van der Waals surface area contributed by atoms with Crippen LogP contribution in [0.1, 0.15) is 19.4 Å². The molecule has 1 saturated heterocycles. The van der Waals surface area contributed by atoms with Gasteiger partial charge in [0.15, 0.2) is 5.17 Å². The topological polar surface area (TPSA) is 44.7 Å². The van der Waals surface area contributed by atoms with E-state index in [1.54, 1.807) is 0 Å². The summed E-state index contributed by atoms with van der Waals surface area (Å²) in [6.45, 7) is 6.24. The number of amidine groups is 1. The van der Waals surface area contributed by atoms with Gasteiger partial charge in [-0.15, -0.1) is 0 Å². The molecular formula is C20H20BrN3OS. The van der Waals surface area contributed by atoms with Crippen molar-refractivity contribution in [3.63, 3.8) is 0 Å². The third kappa shape index (κ3) is 4.37. The van der Waals surface area contributed by atoms with Crippen molar-refractivity contribution in [3.8, 4) is 0 Å². The summed E-state index contributed by atoms with van der Waals surface area (Å²) in [7, 11) is 0. The molecule has 4 nitrogen and oxygen atoms in total. The largest absolute Gasteiger partial charge is 0.372 e. The minimum atomic E-state index is -0.117. The second-order valence-electron chi connectivity index (χ2n) is 5.70. The molecule has 0 unspecified atom stereocenters. The summed E-state index contributed by atoms with van der Waals surface area (Å²) in [5, 5.41) is 3.42. The summed E-state index contributed by atoms with van der Waals surface area (Å²) in [4.78, 5) is 19.7. The van der Waals surface area contributed by atoms with Gasteiger partial charge >= 0.3 is 0 Å². The molecule has 1 N–H and O–H groups in total. The lowest BCUT2D eigenvalue weighted by atomic mass is 10.2. The fourth-order valence-corrected chi connectivity index (χ4v) is 3.86. The molecule has 2 aromatic carbocycles. The van der Waals surface area contributed by atoms with Crippen molar-refractivity contribution >= 4 is 56.2 Å². The van der Waals surface area contributed by atoms with Crippen molar-refractivity contribution in [2.24, 2.45) is 4.99 Å². The summed E-state index contributed by atoms with van der Waals surface area (Å²) in [5.41, 5.74) is 2.98. The summed E-state index contributed by atoms with van der Waals surface area (Å²) in [6, 6.07) is 15.9. The van der Waals surface area contributed by atoms with Crippen LogP contribution in [0.2, 0.25) is 0 Å². The number of carbonyl (C=O) groups excluding carboxylic acids is 1. The Labute approximate surface area is 166 Å². The molecule has 1 amide bonds. The van der Waals surface area contributed by atoms with Crippen LogP contribution in [-0.2, 0) is 4.79 Å². The third-order valence-corrected chi connectivity index (χ3v) is 5.63. The van der Waals surface area contributed by atoms with Gasteiger partial charge in [0.2, 0.25) is 0 Å². The average molecular weight is 430 g/mol. The Morgan fingerprint density at radius 3 is 2.46 bits per heavy atom. The highest BCUT2D eigenvalue weighted by atomic mass is 79.9. The number of rotatable bonds is 5. The Morgan fingerprint density at radius 2 is 1.81 bits per heavy atom. The molecule has 1 aliphatic heterocycles. The third-order valence-electron chi connectivity index (χ3n) is 4.04. The van der Waals surface area contributed by atoms with Crippen molar-refractivity contribution in [1.82, 2.24) is 5.32 Å². The normalized spacial score (nSPS) is 17.0. The van der Waals surface area contributed by atoms with E-state index in [2.05, 4.69) is 57.1 Å². The number of hydrogen-bond acceptors (Lipinski definition) is 4. The molecular weight excluding hydrogens is 410 g/mol. The monoisotopic (exact) mass is 429 g/mol. The Bertz CT molecular complexity index is 858. The van der Waals surface area contributed by atoms with Crippen molar-refractivity contribution in [1.29, 1.82) is 0 Å². The van der Waals surface area contributed by atoms with Gasteiger partial charge in [-0.25, -0.2) is 4.99 Å². The quantitative estimate of drug-likeness (QED) is 0.665. The molecule has 3 rings (SSSR count). The van der Waals surface area contributed by atoms with Gasteiger partial charge in [0.1, 0.15) is 0 Å². The Hall–Kier alpha value is -2.05. The minimum absolute atomic E-state index is 0.117. The molecule has 2 aromatic rings. The predicted octanol–water partition coefficient (Wildman–Crippen LogP) is 5.19. The lowest BCUT2D eigenvalue weighted by Gasteiger charge is -2.20. The number of nitrogens with zero attached hydrogens (tertiary/aromatic N) is 2. The maximum Gasteiger partial charge on any atom is 0.264 e. The van der Waals surface area contributed by atoms with Crippen LogP contribution in [0.25, 0.3) is 6.08 Å². The fourth-order valence-electron chi connectivity index (χ4n) is 2.65. The number of amides is 1. The van der Waals surface area contributed by atoms with Gasteiger partial charge in [-0.3, -0.25) is 4.79 Å². The molecule has 0 atom stereocenters. The van der Waals surface area contributed by atoms with Crippen LogP contribution in [0.15, 0.2) is 62.9 Å². The van der Waals surface area contributed by atoms with Crippen molar-refractivity contribution in [3.05, 3.63) is 63.5 Å². The van der Waals surface area contributed by atoms with E-state index in [0.29, 0.717) is 10.1 Å². The molecule has 0 radical (unpaired) electrons. The zero-order valence-electron chi connectivity index (χ0n) is 14.7. The van der Waals surface area contributed by atoms with E-state index in [4.69, 9.17) is 0 Å². The lowest BCUT2D eigenvalue weighted by Crippen LogP contribution is -2.21. The van der Waals surface area contributed by atoms with Crippen LogP contribution in [0.5, 0.6) is 0 Å². The molecule has 1 aliphatic rings. The first-order chi connectivity index (χ1) is 12.6. The number of halogens is 1. The minimum Gasteiger partial charge on any atom is -0.372 e. The standard InChI is InChI=1S/C20H20BrN3OS/c1-3-24(4-2)15-11-9-14(10-12-15)13-18-19(25)23-20(26-18)22-17-8-6-5-7-16(17)21/h5-13H,3-4H2,1-2H3,(H,22,23,25)/b18-13+. The van der Waals surface area contributed by atoms with Crippen molar-refractivity contribution in [2.75, 3.05) is 18.0 Å². The Balaban J connectivity index is 1.77. The lowest BCUT2D eigenvalue weighted by molar-refractivity contribution is -0.115. The van der Waals surface area contributed by atoms with Crippen LogP contribution in [0, 0.1) is 0 Å². The van der Waals surface area contributed by atoms with Gasteiger partial charge in [-0.1, -0.05) is 24.3 Å². The van der Waals surface area contributed by atoms with Gasteiger partial charge in [0.25, 0.3) is 5.91 Å². The van der Waals surface area contributed by atoms with E-state index in [1.807, 2.05) is 42.5 Å². The molecule has 0 spiro atoms. The highest BCUT2D eigenvalue weighted by molar-refractivity contribution is 9.10. The van der Waals surface area contributed by atoms with Crippen LogP contribution >= 0.6 is 27.7 Å². The van der Waals surface area contributed by atoms with Crippen molar-refractivity contribution < 1.29 is 4.79 Å². The van der Waals surface area contributed by atoms with Crippen LogP contribution in [0.3, 0.4) is 0 Å². The summed E-state index contributed by atoms with van der Waals surface area (Å²) in [6.07, 6.45) is 1.90. The number of thioether (sulfide) groups is 1. The number of para-hydroxylation sites is 1. The summed E-state index contributed by atoms with van der Waals surface area (Å²) >= 11 is 4.83. The molecule has 0 bridgehead atoms. The SMILES string of the molecule is CCN(CC)c1ccc(/C=C2/SC(=Nc3ccccc3Br)NC2=O)cc1. The number of carbonyl (C=O) groups is 1. The first-order valence-electron chi connectivity index (χ1n) is 8.49. The number of benzene rings is 2. The van der Waals surface area contributed by atoms with Crippen LogP contribution < -0.4 is 10.2 Å². The number of aliphatic imine (C=N–C) groups is 1.